The number of hydrogen-bond donors (Lipinski definition) is 2. The Balaban J connectivity index is 2.27. The van der Waals surface area contributed by atoms with E-state index >= 15 is 0 Å². The van der Waals surface area contributed by atoms with Crippen LogP contribution < -0.4 is 0 Å². The fourth-order valence-electron chi connectivity index (χ4n) is 2.02. The first-order valence-corrected chi connectivity index (χ1v) is 7.81. The van der Waals surface area contributed by atoms with Gasteiger partial charge in [0, 0.05) is 9.79 Å². The second-order valence-corrected chi connectivity index (χ2v) is 7.42. The lowest BCUT2D eigenvalue weighted by molar-refractivity contribution is 0.0778. The van der Waals surface area contributed by atoms with E-state index < -0.39 is 11.2 Å². The van der Waals surface area contributed by atoms with Crippen molar-refractivity contribution >= 4 is 11.8 Å². The molecule has 0 saturated carbocycles. The lowest BCUT2D eigenvalue weighted by atomic mass is 9.99. The Morgan fingerprint density at radius 3 is 1.43 bits per heavy atom. The fraction of sp³-hybridized carbons (Fsp3) is 0.333. The lowest BCUT2D eigenvalue weighted by Gasteiger charge is -2.19. The van der Waals surface area contributed by atoms with Gasteiger partial charge in [0.25, 0.3) is 0 Å². The molecule has 2 N–H and O–H groups in total. The summed E-state index contributed by atoms with van der Waals surface area (Å²) in [6.45, 7) is 7.13. The molecule has 0 atom stereocenters. The zero-order valence-electron chi connectivity index (χ0n) is 12.9. The van der Waals surface area contributed by atoms with Crippen LogP contribution >= 0.6 is 11.8 Å². The monoisotopic (exact) mass is 302 g/mol. The molecule has 0 fully saturated rings. The summed E-state index contributed by atoms with van der Waals surface area (Å²) in [5.74, 6) is 0. The summed E-state index contributed by atoms with van der Waals surface area (Å²) < 4.78 is 0. The summed E-state index contributed by atoms with van der Waals surface area (Å²) in [7, 11) is 0. The van der Waals surface area contributed by atoms with Crippen LogP contribution in [0.4, 0.5) is 0 Å². The zero-order chi connectivity index (χ0) is 15.7. The predicted molar refractivity (Wildman–Crippen MR) is 87.5 cm³/mol. The van der Waals surface area contributed by atoms with Crippen molar-refractivity contribution < 1.29 is 10.2 Å². The van der Waals surface area contributed by atoms with E-state index in [0.29, 0.717) is 0 Å². The first-order valence-electron chi connectivity index (χ1n) is 7.00. The fourth-order valence-corrected chi connectivity index (χ4v) is 2.95. The van der Waals surface area contributed by atoms with E-state index in [1.165, 1.54) is 0 Å². The molecule has 3 heteroatoms. The third kappa shape index (κ3) is 4.34. The topological polar surface area (TPSA) is 40.5 Å². The number of aliphatic hydroxyl groups is 2. The molecule has 0 radical (unpaired) electrons. The van der Waals surface area contributed by atoms with Crippen molar-refractivity contribution in [3.63, 3.8) is 0 Å². The van der Waals surface area contributed by atoms with E-state index in [0.717, 1.165) is 20.9 Å². The maximum Gasteiger partial charge on any atom is 0.0840 e. The van der Waals surface area contributed by atoms with Crippen molar-refractivity contribution in [1.82, 2.24) is 0 Å². The minimum Gasteiger partial charge on any atom is -0.386 e. The van der Waals surface area contributed by atoms with Crippen LogP contribution in [0.25, 0.3) is 0 Å². The van der Waals surface area contributed by atoms with Gasteiger partial charge < -0.3 is 10.2 Å². The third-order valence-corrected chi connectivity index (χ3v) is 4.30. The second-order valence-electron chi connectivity index (χ2n) is 6.28. The lowest BCUT2D eigenvalue weighted by Crippen LogP contribution is -2.15. The molecule has 0 aliphatic heterocycles. The molecule has 0 unspecified atom stereocenters. The maximum atomic E-state index is 10.1. The second kappa shape index (κ2) is 5.84. The van der Waals surface area contributed by atoms with Gasteiger partial charge in [-0.25, -0.2) is 0 Å². The van der Waals surface area contributed by atoms with Crippen molar-refractivity contribution in [3.8, 4) is 0 Å². The Morgan fingerprint density at radius 1 is 0.714 bits per heavy atom. The summed E-state index contributed by atoms with van der Waals surface area (Å²) >= 11 is 1.63. The summed E-state index contributed by atoms with van der Waals surface area (Å²) in [6, 6.07) is 15.8. The smallest absolute Gasteiger partial charge is 0.0840 e. The molecule has 2 aromatic carbocycles. The molecule has 0 bridgehead atoms. The summed E-state index contributed by atoms with van der Waals surface area (Å²) in [5, 5.41) is 20.2. The Kier molecular flexibility index (Phi) is 4.47. The highest BCUT2D eigenvalue weighted by atomic mass is 32.2. The minimum atomic E-state index is -0.842. The van der Waals surface area contributed by atoms with E-state index in [2.05, 4.69) is 0 Å². The molecular formula is C18H22O2S. The van der Waals surface area contributed by atoms with Crippen LogP contribution in [0.5, 0.6) is 0 Å². The summed E-state index contributed by atoms with van der Waals surface area (Å²) in [6.07, 6.45) is 0. The van der Waals surface area contributed by atoms with E-state index in [-0.39, 0.29) is 0 Å². The van der Waals surface area contributed by atoms with Gasteiger partial charge >= 0.3 is 0 Å². The number of rotatable bonds is 4. The Bertz CT molecular complexity index is 566. The Labute approximate surface area is 130 Å². The van der Waals surface area contributed by atoms with Gasteiger partial charge in [-0.05, 0) is 63.1 Å². The van der Waals surface area contributed by atoms with Gasteiger partial charge in [0.1, 0.15) is 0 Å². The van der Waals surface area contributed by atoms with Gasteiger partial charge in [0.15, 0.2) is 0 Å². The molecule has 21 heavy (non-hydrogen) atoms. The SMILES string of the molecule is CC(C)(O)c1cccc(Sc2cccc(C(C)(C)O)c2)c1. The quantitative estimate of drug-likeness (QED) is 0.885. The van der Waals surface area contributed by atoms with Crippen LogP contribution in [0.2, 0.25) is 0 Å². The molecule has 112 valence electrons. The number of hydrogen-bond acceptors (Lipinski definition) is 3. The molecule has 2 nitrogen and oxygen atoms in total. The molecule has 0 spiro atoms. The van der Waals surface area contributed by atoms with Crippen LogP contribution in [0.15, 0.2) is 58.3 Å². The van der Waals surface area contributed by atoms with Gasteiger partial charge in [-0.3, -0.25) is 0 Å². The molecule has 0 aliphatic rings. The highest BCUT2D eigenvalue weighted by Gasteiger charge is 2.17. The van der Waals surface area contributed by atoms with E-state index in [4.69, 9.17) is 0 Å². The van der Waals surface area contributed by atoms with Gasteiger partial charge in [-0.15, -0.1) is 0 Å². The van der Waals surface area contributed by atoms with Crippen LogP contribution in [-0.4, -0.2) is 10.2 Å². The summed E-state index contributed by atoms with van der Waals surface area (Å²) in [4.78, 5) is 2.14. The molecule has 2 rings (SSSR count). The largest absolute Gasteiger partial charge is 0.386 e. The predicted octanol–water partition coefficient (Wildman–Crippen LogP) is 4.29. The van der Waals surface area contributed by atoms with Crippen molar-refractivity contribution in [1.29, 1.82) is 0 Å². The zero-order valence-corrected chi connectivity index (χ0v) is 13.7. The maximum absolute atomic E-state index is 10.1. The third-order valence-electron chi connectivity index (χ3n) is 3.32. The Hall–Kier alpha value is -1.29. The molecule has 2 aromatic rings. The van der Waals surface area contributed by atoms with Crippen LogP contribution in [-0.2, 0) is 11.2 Å². The summed E-state index contributed by atoms with van der Waals surface area (Å²) in [5.41, 5.74) is 0.106. The van der Waals surface area contributed by atoms with Gasteiger partial charge in [-0.1, -0.05) is 36.0 Å². The molecule has 0 saturated heterocycles. The minimum absolute atomic E-state index is 0.842. The van der Waals surface area contributed by atoms with Gasteiger partial charge in [-0.2, -0.15) is 0 Å². The molecule has 0 aromatic heterocycles. The van der Waals surface area contributed by atoms with Gasteiger partial charge in [0.05, 0.1) is 11.2 Å². The molecular weight excluding hydrogens is 280 g/mol. The molecule has 0 heterocycles. The average molecular weight is 302 g/mol. The highest BCUT2D eigenvalue weighted by Crippen LogP contribution is 2.32. The van der Waals surface area contributed by atoms with Crippen molar-refractivity contribution in [2.45, 2.75) is 48.7 Å². The van der Waals surface area contributed by atoms with Crippen LogP contribution in [0.3, 0.4) is 0 Å². The normalized spacial score (nSPS) is 12.5. The average Bonchev–Trinajstić information content (AvgIpc) is 2.37. The van der Waals surface area contributed by atoms with Crippen LogP contribution in [0, 0.1) is 0 Å². The van der Waals surface area contributed by atoms with Gasteiger partial charge in [0.2, 0.25) is 0 Å². The standard InChI is InChI=1S/C18H22O2S/c1-17(2,19)13-7-5-9-15(11-13)21-16-10-6-8-14(12-16)18(3,4)20/h5-12,19-20H,1-4H3. The van der Waals surface area contributed by atoms with E-state index in [9.17, 15) is 10.2 Å². The van der Waals surface area contributed by atoms with Crippen molar-refractivity contribution in [2.75, 3.05) is 0 Å². The molecule has 0 amide bonds. The Morgan fingerprint density at radius 2 is 1.10 bits per heavy atom. The molecule has 0 aliphatic carbocycles. The first-order chi connectivity index (χ1) is 9.66. The first kappa shape index (κ1) is 16.1. The van der Waals surface area contributed by atoms with E-state index in [1.54, 1.807) is 39.5 Å². The number of benzene rings is 2. The van der Waals surface area contributed by atoms with Crippen molar-refractivity contribution in [3.05, 3.63) is 59.7 Å². The van der Waals surface area contributed by atoms with Crippen molar-refractivity contribution in [2.24, 2.45) is 0 Å². The van der Waals surface area contributed by atoms with E-state index in [1.807, 2.05) is 48.5 Å². The highest BCUT2D eigenvalue weighted by molar-refractivity contribution is 7.99. The van der Waals surface area contributed by atoms with Crippen LogP contribution in [0.1, 0.15) is 38.8 Å².